The summed E-state index contributed by atoms with van der Waals surface area (Å²) in [6.45, 7) is 2.21. The standard InChI is InChI=1S/C20H22N4O/c21-11-15-5-4-10-23(12-15)20(25)17-8-9-19-22-18(14-24(19)13-17)16-6-2-1-3-7-16/h1-3,6-9,13-15H,4-5,10-12,21H2. The van der Waals surface area contributed by atoms with E-state index in [9.17, 15) is 4.79 Å². The van der Waals surface area contributed by atoms with E-state index in [0.717, 1.165) is 42.8 Å². The maximum absolute atomic E-state index is 12.8. The molecule has 1 aliphatic rings. The molecule has 0 spiro atoms. The minimum atomic E-state index is 0.0787. The van der Waals surface area contributed by atoms with E-state index >= 15 is 0 Å². The number of pyridine rings is 1. The number of benzene rings is 1. The van der Waals surface area contributed by atoms with Crippen LogP contribution in [-0.4, -0.2) is 39.8 Å². The number of amides is 1. The number of likely N-dealkylation sites (tertiary alicyclic amines) is 1. The van der Waals surface area contributed by atoms with Gasteiger partial charge in [0, 0.05) is 31.0 Å². The predicted molar refractivity (Wildman–Crippen MR) is 98.3 cm³/mol. The highest BCUT2D eigenvalue weighted by atomic mass is 16.2. The fourth-order valence-corrected chi connectivity index (χ4v) is 3.49. The Kier molecular flexibility index (Phi) is 4.24. The van der Waals surface area contributed by atoms with Crippen LogP contribution in [0.15, 0.2) is 54.9 Å². The monoisotopic (exact) mass is 334 g/mol. The lowest BCUT2D eigenvalue weighted by Gasteiger charge is -2.32. The Balaban J connectivity index is 1.61. The van der Waals surface area contributed by atoms with Gasteiger partial charge in [-0.1, -0.05) is 30.3 Å². The highest BCUT2D eigenvalue weighted by Gasteiger charge is 2.24. The van der Waals surface area contributed by atoms with Crippen LogP contribution in [-0.2, 0) is 0 Å². The maximum atomic E-state index is 12.8. The maximum Gasteiger partial charge on any atom is 0.255 e. The number of nitrogens with two attached hydrogens (primary N) is 1. The average Bonchev–Trinajstić information content (AvgIpc) is 3.11. The SMILES string of the molecule is NCC1CCCN(C(=O)c2ccc3nc(-c4ccccc4)cn3c2)C1. The minimum absolute atomic E-state index is 0.0787. The summed E-state index contributed by atoms with van der Waals surface area (Å²) >= 11 is 0. The summed E-state index contributed by atoms with van der Waals surface area (Å²) in [6, 6.07) is 13.8. The normalized spacial score (nSPS) is 17.8. The first kappa shape index (κ1) is 15.8. The Bertz CT molecular complexity index is 887. The molecule has 1 saturated heterocycles. The van der Waals surface area contributed by atoms with Gasteiger partial charge in [0.1, 0.15) is 5.65 Å². The van der Waals surface area contributed by atoms with Gasteiger partial charge in [-0.15, -0.1) is 0 Å². The number of rotatable bonds is 3. The van der Waals surface area contributed by atoms with Crippen LogP contribution in [0, 0.1) is 5.92 Å². The molecule has 1 aliphatic heterocycles. The van der Waals surface area contributed by atoms with Crippen molar-refractivity contribution >= 4 is 11.6 Å². The summed E-state index contributed by atoms with van der Waals surface area (Å²) in [7, 11) is 0. The van der Waals surface area contributed by atoms with Crippen LogP contribution in [0.3, 0.4) is 0 Å². The van der Waals surface area contributed by atoms with Gasteiger partial charge in [0.2, 0.25) is 0 Å². The molecule has 3 aromatic rings. The number of fused-ring (bicyclic) bond motifs is 1. The number of carbonyl (C=O) groups excluding carboxylic acids is 1. The van der Waals surface area contributed by atoms with Gasteiger partial charge >= 0.3 is 0 Å². The third-order valence-corrected chi connectivity index (χ3v) is 4.91. The zero-order valence-corrected chi connectivity index (χ0v) is 14.1. The number of hydrogen-bond donors (Lipinski definition) is 1. The van der Waals surface area contributed by atoms with Crippen molar-refractivity contribution in [2.24, 2.45) is 11.7 Å². The zero-order valence-electron chi connectivity index (χ0n) is 14.1. The Hall–Kier alpha value is -2.66. The molecule has 25 heavy (non-hydrogen) atoms. The smallest absolute Gasteiger partial charge is 0.255 e. The lowest BCUT2D eigenvalue weighted by Crippen LogP contribution is -2.42. The van der Waals surface area contributed by atoms with Crippen LogP contribution >= 0.6 is 0 Å². The van der Waals surface area contributed by atoms with Gasteiger partial charge in [0.15, 0.2) is 0 Å². The van der Waals surface area contributed by atoms with E-state index < -0.39 is 0 Å². The third kappa shape index (κ3) is 3.15. The van der Waals surface area contributed by atoms with Crippen LogP contribution in [0.5, 0.6) is 0 Å². The molecule has 1 amide bonds. The van der Waals surface area contributed by atoms with E-state index in [-0.39, 0.29) is 5.91 Å². The van der Waals surface area contributed by atoms with E-state index in [1.165, 1.54) is 0 Å². The van der Waals surface area contributed by atoms with E-state index in [1.807, 2.05) is 64.2 Å². The van der Waals surface area contributed by atoms with Gasteiger partial charge in [0.05, 0.1) is 11.3 Å². The van der Waals surface area contributed by atoms with Crippen molar-refractivity contribution in [3.05, 3.63) is 60.4 Å². The largest absolute Gasteiger partial charge is 0.338 e. The molecule has 5 nitrogen and oxygen atoms in total. The van der Waals surface area contributed by atoms with Crippen LogP contribution in [0.4, 0.5) is 0 Å². The van der Waals surface area contributed by atoms with E-state index in [1.54, 1.807) is 0 Å². The van der Waals surface area contributed by atoms with Crippen molar-refractivity contribution < 1.29 is 4.79 Å². The predicted octanol–water partition coefficient (Wildman–Crippen LogP) is 2.81. The van der Waals surface area contributed by atoms with Gasteiger partial charge in [-0.25, -0.2) is 4.98 Å². The quantitative estimate of drug-likeness (QED) is 0.801. The number of hydrogen-bond acceptors (Lipinski definition) is 3. The van der Waals surface area contributed by atoms with Gasteiger partial charge in [-0.3, -0.25) is 4.79 Å². The second-order valence-electron chi connectivity index (χ2n) is 6.67. The fourth-order valence-electron chi connectivity index (χ4n) is 3.49. The van der Waals surface area contributed by atoms with Crippen LogP contribution < -0.4 is 5.73 Å². The molecule has 1 fully saturated rings. The lowest BCUT2D eigenvalue weighted by molar-refractivity contribution is 0.0677. The summed E-state index contributed by atoms with van der Waals surface area (Å²) in [6.07, 6.45) is 5.99. The van der Waals surface area contributed by atoms with E-state index in [2.05, 4.69) is 4.98 Å². The summed E-state index contributed by atoms with van der Waals surface area (Å²) < 4.78 is 1.93. The first-order valence-electron chi connectivity index (χ1n) is 8.78. The van der Waals surface area contributed by atoms with Crippen molar-refractivity contribution in [2.75, 3.05) is 19.6 Å². The van der Waals surface area contributed by atoms with Crippen molar-refractivity contribution in [1.29, 1.82) is 0 Å². The van der Waals surface area contributed by atoms with Crippen molar-refractivity contribution in [3.63, 3.8) is 0 Å². The highest BCUT2D eigenvalue weighted by molar-refractivity contribution is 5.94. The first-order valence-corrected chi connectivity index (χ1v) is 8.78. The molecular formula is C20H22N4O. The second kappa shape index (κ2) is 6.69. The van der Waals surface area contributed by atoms with Crippen molar-refractivity contribution in [1.82, 2.24) is 14.3 Å². The average molecular weight is 334 g/mol. The molecule has 128 valence electrons. The molecule has 1 atom stereocenters. The topological polar surface area (TPSA) is 63.6 Å². The minimum Gasteiger partial charge on any atom is -0.338 e. The molecular weight excluding hydrogens is 312 g/mol. The molecule has 0 bridgehead atoms. The molecule has 0 saturated carbocycles. The van der Waals surface area contributed by atoms with E-state index in [4.69, 9.17) is 5.73 Å². The zero-order chi connectivity index (χ0) is 17.2. The number of aromatic nitrogens is 2. The Morgan fingerprint density at radius 1 is 1.16 bits per heavy atom. The summed E-state index contributed by atoms with van der Waals surface area (Å²) in [5.41, 5.74) is 9.30. The molecule has 3 heterocycles. The fraction of sp³-hybridized carbons (Fsp3) is 0.300. The highest BCUT2D eigenvalue weighted by Crippen LogP contribution is 2.21. The van der Waals surface area contributed by atoms with Gasteiger partial charge in [-0.2, -0.15) is 0 Å². The molecule has 5 heteroatoms. The summed E-state index contributed by atoms with van der Waals surface area (Å²) in [5, 5.41) is 0. The van der Waals surface area contributed by atoms with Crippen LogP contribution in [0.2, 0.25) is 0 Å². The number of imidazole rings is 1. The molecule has 1 unspecified atom stereocenters. The lowest BCUT2D eigenvalue weighted by atomic mass is 9.98. The molecule has 0 radical (unpaired) electrons. The van der Waals surface area contributed by atoms with Gasteiger partial charge in [0.25, 0.3) is 5.91 Å². The Labute approximate surface area is 147 Å². The Morgan fingerprint density at radius 3 is 2.80 bits per heavy atom. The molecule has 0 aliphatic carbocycles. The molecule has 1 aromatic carbocycles. The van der Waals surface area contributed by atoms with Crippen LogP contribution in [0.1, 0.15) is 23.2 Å². The van der Waals surface area contributed by atoms with Gasteiger partial charge < -0.3 is 15.0 Å². The summed E-state index contributed by atoms with van der Waals surface area (Å²) in [4.78, 5) is 19.4. The third-order valence-electron chi connectivity index (χ3n) is 4.91. The Morgan fingerprint density at radius 2 is 2.00 bits per heavy atom. The van der Waals surface area contributed by atoms with E-state index in [0.29, 0.717) is 18.0 Å². The number of nitrogens with zero attached hydrogens (tertiary/aromatic N) is 3. The first-order chi connectivity index (χ1) is 12.2. The number of carbonyl (C=O) groups is 1. The molecule has 2 N–H and O–H groups in total. The molecule has 4 rings (SSSR count). The van der Waals surface area contributed by atoms with Gasteiger partial charge in [-0.05, 0) is 37.4 Å². The van der Waals surface area contributed by atoms with Crippen LogP contribution in [0.25, 0.3) is 16.9 Å². The number of piperidine rings is 1. The molecule has 2 aromatic heterocycles. The van der Waals surface area contributed by atoms with Crippen molar-refractivity contribution in [3.8, 4) is 11.3 Å². The summed E-state index contributed by atoms with van der Waals surface area (Å²) in [5.74, 6) is 0.495. The van der Waals surface area contributed by atoms with Crippen molar-refractivity contribution in [2.45, 2.75) is 12.8 Å². The second-order valence-corrected chi connectivity index (χ2v) is 6.67.